The van der Waals surface area contributed by atoms with E-state index < -0.39 is 6.09 Å². The molecule has 2 aromatic heterocycles. The summed E-state index contributed by atoms with van der Waals surface area (Å²) in [5, 5.41) is 7.74. The molecule has 0 saturated carbocycles. The fourth-order valence-corrected chi connectivity index (χ4v) is 3.61. The van der Waals surface area contributed by atoms with Crippen LogP contribution in [-0.2, 0) is 29.7 Å². The maximum absolute atomic E-state index is 12.4. The predicted octanol–water partition coefficient (Wildman–Crippen LogP) is 4.49. The SMILES string of the molecule is COCCn1cnc2cc(COC(=O)Nc3cc(-c4ccc(Cl)cc4OC)nn3C)ccc21. The molecule has 1 amide bonds. The van der Waals surface area contributed by atoms with Gasteiger partial charge in [0, 0.05) is 37.4 Å². The molecule has 1 N–H and O–H groups in total. The monoisotopic (exact) mass is 469 g/mol. The van der Waals surface area contributed by atoms with Crippen LogP contribution in [0.1, 0.15) is 5.56 Å². The van der Waals surface area contributed by atoms with Crippen molar-refractivity contribution in [2.45, 2.75) is 13.2 Å². The molecule has 0 spiro atoms. The zero-order chi connectivity index (χ0) is 23.4. The molecule has 9 nitrogen and oxygen atoms in total. The number of aromatic nitrogens is 4. The lowest BCUT2D eigenvalue weighted by Crippen LogP contribution is -2.15. The van der Waals surface area contributed by atoms with Crippen LogP contribution in [0.5, 0.6) is 5.75 Å². The van der Waals surface area contributed by atoms with Crippen LogP contribution in [0.2, 0.25) is 5.02 Å². The number of methoxy groups -OCH3 is 2. The van der Waals surface area contributed by atoms with Crippen LogP contribution in [0.15, 0.2) is 48.8 Å². The number of nitrogens with zero attached hydrogens (tertiary/aromatic N) is 4. The normalized spacial score (nSPS) is 11.0. The van der Waals surface area contributed by atoms with Crippen molar-refractivity contribution >= 4 is 34.5 Å². The molecule has 0 aliphatic rings. The highest BCUT2D eigenvalue weighted by molar-refractivity contribution is 6.30. The van der Waals surface area contributed by atoms with E-state index in [-0.39, 0.29) is 6.61 Å². The minimum atomic E-state index is -0.585. The highest BCUT2D eigenvalue weighted by Crippen LogP contribution is 2.32. The molecule has 4 aromatic rings. The van der Waals surface area contributed by atoms with Crippen molar-refractivity contribution in [2.75, 3.05) is 26.1 Å². The van der Waals surface area contributed by atoms with Gasteiger partial charge in [-0.1, -0.05) is 17.7 Å². The molecule has 0 bridgehead atoms. The van der Waals surface area contributed by atoms with Crippen LogP contribution in [0, 0.1) is 0 Å². The fraction of sp³-hybridized carbons (Fsp3) is 0.261. The molecule has 10 heteroatoms. The zero-order valence-electron chi connectivity index (χ0n) is 18.5. The number of amides is 1. The van der Waals surface area contributed by atoms with Gasteiger partial charge in [0.25, 0.3) is 0 Å². The van der Waals surface area contributed by atoms with Gasteiger partial charge in [0.1, 0.15) is 18.2 Å². The number of anilines is 1. The Morgan fingerprint density at radius 1 is 1.15 bits per heavy atom. The molecule has 2 heterocycles. The van der Waals surface area contributed by atoms with E-state index in [1.165, 1.54) is 0 Å². The Kier molecular flexibility index (Phi) is 6.81. The smallest absolute Gasteiger partial charge is 0.413 e. The summed E-state index contributed by atoms with van der Waals surface area (Å²) in [7, 11) is 4.96. The number of ether oxygens (including phenoxy) is 3. The van der Waals surface area contributed by atoms with Gasteiger partial charge in [-0.25, -0.2) is 9.78 Å². The van der Waals surface area contributed by atoms with Crippen molar-refractivity contribution in [3.05, 3.63) is 59.4 Å². The average molecular weight is 470 g/mol. The van der Waals surface area contributed by atoms with Crippen LogP contribution in [-0.4, -0.2) is 46.3 Å². The van der Waals surface area contributed by atoms with Gasteiger partial charge in [-0.3, -0.25) is 10.00 Å². The largest absolute Gasteiger partial charge is 0.496 e. The summed E-state index contributed by atoms with van der Waals surface area (Å²) in [6, 6.07) is 12.8. The number of halogens is 1. The van der Waals surface area contributed by atoms with E-state index in [1.54, 1.807) is 50.5 Å². The lowest BCUT2D eigenvalue weighted by atomic mass is 10.1. The lowest BCUT2D eigenvalue weighted by Gasteiger charge is -2.07. The highest BCUT2D eigenvalue weighted by atomic mass is 35.5. The van der Waals surface area contributed by atoms with Crippen LogP contribution < -0.4 is 10.1 Å². The van der Waals surface area contributed by atoms with Crippen molar-refractivity contribution < 1.29 is 19.0 Å². The number of fused-ring (bicyclic) bond motifs is 1. The first-order chi connectivity index (χ1) is 16.0. The number of nitrogens with one attached hydrogen (secondary N) is 1. The third-order valence-electron chi connectivity index (χ3n) is 5.14. The standard InChI is InChI=1S/C23H24ClN5O4/c1-28-22(12-18(27-28)17-6-5-16(24)11-21(17)32-3)26-23(30)33-13-15-4-7-20-19(10-15)25-14-29(20)8-9-31-2/h4-7,10-12,14H,8-9,13H2,1-3H3,(H,26,30). The van der Waals surface area contributed by atoms with Crippen molar-refractivity contribution in [3.8, 4) is 17.0 Å². The van der Waals surface area contributed by atoms with Gasteiger partial charge in [0.05, 0.1) is 36.8 Å². The Morgan fingerprint density at radius 2 is 2.00 bits per heavy atom. The predicted molar refractivity (Wildman–Crippen MR) is 126 cm³/mol. The van der Waals surface area contributed by atoms with Gasteiger partial charge in [-0.2, -0.15) is 5.10 Å². The third-order valence-corrected chi connectivity index (χ3v) is 5.38. The first-order valence-electron chi connectivity index (χ1n) is 10.2. The molecular weight excluding hydrogens is 446 g/mol. The summed E-state index contributed by atoms with van der Waals surface area (Å²) in [4.78, 5) is 16.8. The van der Waals surface area contributed by atoms with E-state index in [2.05, 4.69) is 15.4 Å². The zero-order valence-corrected chi connectivity index (χ0v) is 19.3. The maximum Gasteiger partial charge on any atom is 0.413 e. The maximum atomic E-state index is 12.4. The van der Waals surface area contributed by atoms with Gasteiger partial charge in [-0.05, 0) is 35.9 Å². The number of carbonyl (C=O) groups is 1. The molecule has 2 aromatic carbocycles. The molecule has 172 valence electrons. The Balaban J connectivity index is 1.40. The molecule has 0 radical (unpaired) electrons. The average Bonchev–Trinajstić information content (AvgIpc) is 3.38. The Hall–Kier alpha value is -3.56. The quantitative estimate of drug-likeness (QED) is 0.408. The summed E-state index contributed by atoms with van der Waals surface area (Å²) in [6.45, 7) is 1.44. The first-order valence-corrected chi connectivity index (χ1v) is 10.6. The highest BCUT2D eigenvalue weighted by Gasteiger charge is 2.15. The Labute approximate surface area is 195 Å². The van der Waals surface area contributed by atoms with E-state index in [1.807, 2.05) is 28.8 Å². The molecule has 0 fully saturated rings. The molecular formula is C23H24ClN5O4. The Morgan fingerprint density at radius 3 is 2.79 bits per heavy atom. The van der Waals surface area contributed by atoms with Gasteiger partial charge in [0.15, 0.2) is 0 Å². The van der Waals surface area contributed by atoms with E-state index in [0.717, 1.165) is 28.7 Å². The number of aryl methyl sites for hydroxylation is 1. The summed E-state index contributed by atoms with van der Waals surface area (Å²) in [5.74, 6) is 1.08. The third kappa shape index (κ3) is 5.10. The van der Waals surface area contributed by atoms with Crippen LogP contribution in [0.4, 0.5) is 10.6 Å². The van der Waals surface area contributed by atoms with Gasteiger partial charge < -0.3 is 18.8 Å². The molecule has 0 atom stereocenters. The number of rotatable bonds is 8. The van der Waals surface area contributed by atoms with E-state index in [4.69, 9.17) is 25.8 Å². The molecule has 0 aliphatic heterocycles. The molecule has 4 rings (SSSR count). The molecule has 0 aliphatic carbocycles. The number of hydrogen-bond donors (Lipinski definition) is 1. The summed E-state index contributed by atoms with van der Waals surface area (Å²) >= 11 is 6.04. The van der Waals surface area contributed by atoms with E-state index in [9.17, 15) is 4.79 Å². The summed E-state index contributed by atoms with van der Waals surface area (Å²) in [6.07, 6.45) is 1.19. The van der Waals surface area contributed by atoms with Gasteiger partial charge >= 0.3 is 6.09 Å². The van der Waals surface area contributed by atoms with Crippen molar-refractivity contribution in [1.29, 1.82) is 0 Å². The number of carbonyl (C=O) groups excluding carboxylic acids is 1. The molecule has 33 heavy (non-hydrogen) atoms. The van der Waals surface area contributed by atoms with Gasteiger partial charge in [0.2, 0.25) is 0 Å². The number of hydrogen-bond acceptors (Lipinski definition) is 6. The first kappa shape index (κ1) is 22.6. The van der Waals surface area contributed by atoms with Crippen LogP contribution >= 0.6 is 11.6 Å². The summed E-state index contributed by atoms with van der Waals surface area (Å²) < 4.78 is 19.5. The second kappa shape index (κ2) is 9.93. The van der Waals surface area contributed by atoms with E-state index in [0.29, 0.717) is 28.9 Å². The van der Waals surface area contributed by atoms with Crippen LogP contribution in [0.25, 0.3) is 22.3 Å². The van der Waals surface area contributed by atoms with Gasteiger partial charge in [-0.15, -0.1) is 0 Å². The minimum absolute atomic E-state index is 0.114. The van der Waals surface area contributed by atoms with Crippen molar-refractivity contribution in [1.82, 2.24) is 19.3 Å². The number of imidazole rings is 1. The Bertz CT molecular complexity index is 1280. The second-order valence-corrected chi connectivity index (χ2v) is 7.77. The lowest BCUT2D eigenvalue weighted by molar-refractivity contribution is 0.155. The molecule has 0 unspecified atom stereocenters. The second-order valence-electron chi connectivity index (χ2n) is 7.34. The molecule has 0 saturated heterocycles. The summed E-state index contributed by atoms with van der Waals surface area (Å²) in [5.41, 5.74) is 4.07. The number of benzene rings is 2. The van der Waals surface area contributed by atoms with E-state index >= 15 is 0 Å². The van der Waals surface area contributed by atoms with Crippen LogP contribution in [0.3, 0.4) is 0 Å². The minimum Gasteiger partial charge on any atom is -0.496 e. The fourth-order valence-electron chi connectivity index (χ4n) is 3.45. The topological polar surface area (TPSA) is 92.4 Å². The van der Waals surface area contributed by atoms with Crippen molar-refractivity contribution in [3.63, 3.8) is 0 Å². The van der Waals surface area contributed by atoms with Crippen molar-refractivity contribution in [2.24, 2.45) is 7.05 Å².